The van der Waals surface area contributed by atoms with Crippen LogP contribution in [0.2, 0.25) is 0 Å². The van der Waals surface area contributed by atoms with Gasteiger partial charge in [-0.05, 0) is 19.3 Å². The minimum absolute atomic E-state index is 0. The zero-order valence-corrected chi connectivity index (χ0v) is 18.9. The summed E-state index contributed by atoms with van der Waals surface area (Å²) in [5, 5.41) is 0. The molecular formula is C17H34I2N4. The highest BCUT2D eigenvalue weighted by Gasteiger charge is 2.39. The molecule has 6 rings (SSSR count). The molecule has 0 saturated carbocycles. The number of hydrogen-bond acceptors (Lipinski definition) is 2. The molecule has 0 aromatic rings. The first-order valence-corrected chi connectivity index (χ1v) is 9.43. The first-order chi connectivity index (χ1) is 10.3. The minimum Gasteiger partial charge on any atom is -1.00 e. The molecule has 6 aliphatic heterocycles. The molecule has 0 aromatic heterocycles. The fraction of sp³-hybridized carbons (Fsp3) is 1.00. The molecule has 0 N–H and O–H groups in total. The standard InChI is InChI=1S/C17H34N4.2HI/c1(2-10-20-12-4-18(5-13-20)6-14-20)3-11-21-15-7-19(8-16-21)9-17-21;;/h1-17H2;2*1H/q+2;;/p-2. The second-order valence-electron chi connectivity index (χ2n) is 8.22. The van der Waals surface area contributed by atoms with Gasteiger partial charge in [0.05, 0.1) is 52.4 Å². The molecular weight excluding hydrogens is 514 g/mol. The molecule has 0 unspecified atom stereocenters. The van der Waals surface area contributed by atoms with E-state index in [0.29, 0.717) is 0 Å². The number of fused-ring (bicyclic) bond motifs is 6. The van der Waals surface area contributed by atoms with Crippen molar-refractivity contribution in [2.45, 2.75) is 19.3 Å². The molecule has 0 atom stereocenters. The van der Waals surface area contributed by atoms with Gasteiger partial charge in [-0.2, -0.15) is 0 Å². The third-order valence-electron chi connectivity index (χ3n) is 7.11. The molecule has 4 bridgehead atoms. The van der Waals surface area contributed by atoms with Gasteiger partial charge < -0.3 is 56.9 Å². The SMILES string of the molecule is C(CC[N+]12CCN(CC1)CC2)CC[N+]12CCN(CC1)CC2.[I-].[I-]. The van der Waals surface area contributed by atoms with Crippen LogP contribution in [-0.4, -0.2) is 110 Å². The summed E-state index contributed by atoms with van der Waals surface area (Å²) in [5.41, 5.74) is 0. The normalized spacial score (nSPS) is 41.2. The Labute approximate surface area is 176 Å². The Kier molecular flexibility index (Phi) is 7.88. The quantitative estimate of drug-likeness (QED) is 0.186. The number of nitrogens with zero attached hydrogens (tertiary/aromatic N) is 4. The van der Waals surface area contributed by atoms with E-state index in [9.17, 15) is 0 Å². The number of hydrogen-bond donors (Lipinski definition) is 0. The lowest BCUT2D eigenvalue weighted by molar-refractivity contribution is -0.942. The van der Waals surface area contributed by atoms with Crippen LogP contribution in [0.3, 0.4) is 0 Å². The summed E-state index contributed by atoms with van der Waals surface area (Å²) in [5.74, 6) is 0. The third-order valence-corrected chi connectivity index (χ3v) is 7.11. The van der Waals surface area contributed by atoms with Crippen LogP contribution < -0.4 is 48.0 Å². The maximum atomic E-state index is 2.66. The predicted molar refractivity (Wildman–Crippen MR) is 86.2 cm³/mol. The van der Waals surface area contributed by atoms with Crippen LogP contribution in [0.4, 0.5) is 0 Å². The van der Waals surface area contributed by atoms with E-state index in [-0.39, 0.29) is 48.0 Å². The maximum absolute atomic E-state index is 2.66. The third kappa shape index (κ3) is 4.72. The van der Waals surface area contributed by atoms with Crippen molar-refractivity contribution in [3.8, 4) is 0 Å². The second-order valence-corrected chi connectivity index (χ2v) is 8.22. The predicted octanol–water partition coefficient (Wildman–Crippen LogP) is -5.54. The number of rotatable bonds is 6. The summed E-state index contributed by atoms with van der Waals surface area (Å²) >= 11 is 0. The van der Waals surface area contributed by atoms with Gasteiger partial charge in [-0.1, -0.05) is 0 Å². The van der Waals surface area contributed by atoms with E-state index in [1.54, 1.807) is 0 Å². The molecule has 0 amide bonds. The van der Waals surface area contributed by atoms with Gasteiger partial charge in [-0.3, -0.25) is 9.80 Å². The lowest BCUT2D eigenvalue weighted by Crippen LogP contribution is -3.00. The van der Waals surface area contributed by atoms with Crippen LogP contribution in [0.5, 0.6) is 0 Å². The van der Waals surface area contributed by atoms with E-state index in [1.165, 1.54) is 120 Å². The zero-order chi connectivity index (χ0) is 14.2. The molecule has 136 valence electrons. The van der Waals surface area contributed by atoms with E-state index >= 15 is 0 Å². The first kappa shape index (κ1) is 20.6. The Hall–Kier alpha value is 1.30. The molecule has 6 heterocycles. The maximum Gasteiger partial charge on any atom is 0.0916 e. The number of halogens is 2. The van der Waals surface area contributed by atoms with Gasteiger partial charge in [0.15, 0.2) is 0 Å². The average Bonchev–Trinajstić information content (AvgIpc) is 2.58. The summed E-state index contributed by atoms with van der Waals surface area (Å²) in [6.45, 7) is 19.8. The van der Waals surface area contributed by atoms with Crippen LogP contribution in [0.15, 0.2) is 0 Å². The molecule has 6 saturated heterocycles. The van der Waals surface area contributed by atoms with E-state index in [1.807, 2.05) is 0 Å². The van der Waals surface area contributed by atoms with Crippen molar-refractivity contribution in [2.24, 2.45) is 0 Å². The summed E-state index contributed by atoms with van der Waals surface area (Å²) in [4.78, 5) is 5.32. The Morgan fingerprint density at radius 2 is 0.783 bits per heavy atom. The molecule has 4 nitrogen and oxygen atoms in total. The van der Waals surface area contributed by atoms with Gasteiger partial charge >= 0.3 is 0 Å². The van der Waals surface area contributed by atoms with Crippen molar-refractivity contribution in [3.05, 3.63) is 0 Å². The van der Waals surface area contributed by atoms with Gasteiger partial charge in [-0.25, -0.2) is 0 Å². The first-order valence-electron chi connectivity index (χ1n) is 9.43. The number of unbranched alkanes of at least 4 members (excludes halogenated alkanes) is 2. The Morgan fingerprint density at radius 1 is 0.478 bits per heavy atom. The van der Waals surface area contributed by atoms with Gasteiger partial charge in [-0.15, -0.1) is 0 Å². The zero-order valence-electron chi connectivity index (χ0n) is 14.6. The second kappa shape index (κ2) is 8.79. The van der Waals surface area contributed by atoms with Crippen molar-refractivity contribution in [2.75, 3.05) is 91.6 Å². The lowest BCUT2D eigenvalue weighted by atomic mass is 10.1. The number of piperazine rings is 6. The van der Waals surface area contributed by atoms with E-state index in [2.05, 4.69) is 9.80 Å². The Bertz CT molecular complexity index is 302. The van der Waals surface area contributed by atoms with Crippen molar-refractivity contribution >= 4 is 0 Å². The highest BCUT2D eigenvalue weighted by Crippen LogP contribution is 2.23. The average molecular weight is 548 g/mol. The fourth-order valence-electron chi connectivity index (χ4n) is 5.20. The molecule has 6 fully saturated rings. The van der Waals surface area contributed by atoms with Gasteiger partial charge in [0.1, 0.15) is 0 Å². The van der Waals surface area contributed by atoms with Gasteiger partial charge in [0, 0.05) is 39.3 Å². The highest BCUT2D eigenvalue weighted by molar-refractivity contribution is 4.72. The van der Waals surface area contributed by atoms with Crippen molar-refractivity contribution < 1.29 is 56.9 Å². The summed E-state index contributed by atoms with van der Waals surface area (Å²) in [7, 11) is 0. The van der Waals surface area contributed by atoms with Crippen LogP contribution >= 0.6 is 0 Å². The monoisotopic (exact) mass is 548 g/mol. The molecule has 6 heteroatoms. The smallest absolute Gasteiger partial charge is 0.0916 e. The molecule has 0 radical (unpaired) electrons. The van der Waals surface area contributed by atoms with Crippen LogP contribution in [0, 0.1) is 0 Å². The van der Waals surface area contributed by atoms with E-state index in [4.69, 9.17) is 0 Å². The van der Waals surface area contributed by atoms with Crippen LogP contribution in [0.1, 0.15) is 19.3 Å². The molecule has 23 heavy (non-hydrogen) atoms. The summed E-state index contributed by atoms with van der Waals surface area (Å²) < 4.78 is 2.93. The summed E-state index contributed by atoms with van der Waals surface area (Å²) in [6, 6.07) is 0. The van der Waals surface area contributed by atoms with Crippen LogP contribution in [0.25, 0.3) is 0 Å². The largest absolute Gasteiger partial charge is 1.00 e. The van der Waals surface area contributed by atoms with Crippen molar-refractivity contribution in [3.63, 3.8) is 0 Å². The lowest BCUT2D eigenvalue weighted by Gasteiger charge is -2.51. The molecule has 0 aromatic carbocycles. The molecule has 6 aliphatic rings. The Balaban J connectivity index is 0.000000960. The molecule has 0 aliphatic carbocycles. The van der Waals surface area contributed by atoms with E-state index < -0.39 is 0 Å². The van der Waals surface area contributed by atoms with Gasteiger partial charge in [0.2, 0.25) is 0 Å². The van der Waals surface area contributed by atoms with Gasteiger partial charge in [0.25, 0.3) is 0 Å². The fourth-order valence-corrected chi connectivity index (χ4v) is 5.20. The Morgan fingerprint density at radius 3 is 1.09 bits per heavy atom. The van der Waals surface area contributed by atoms with E-state index in [0.717, 1.165) is 0 Å². The highest BCUT2D eigenvalue weighted by atomic mass is 127. The minimum atomic E-state index is 0. The van der Waals surface area contributed by atoms with Crippen LogP contribution in [-0.2, 0) is 0 Å². The number of quaternary nitrogens is 2. The van der Waals surface area contributed by atoms with Crippen molar-refractivity contribution in [1.82, 2.24) is 9.80 Å². The van der Waals surface area contributed by atoms with Crippen molar-refractivity contribution in [1.29, 1.82) is 0 Å². The summed E-state index contributed by atoms with van der Waals surface area (Å²) in [6.07, 6.45) is 4.44. The topological polar surface area (TPSA) is 6.48 Å². The molecule has 0 spiro atoms.